The molecule has 0 radical (unpaired) electrons. The number of nitrogen functional groups attached to an aromatic ring is 1. The standard InChI is InChI=1S/C25H26ClFN6O4S2/c1-15(21-6-7-22(26)38-21)14-39(36,37)33(13-18-23(28)30-10-9-29-18)20-8-11-32(25(20)35)19-5-4-16(12-17(19)27)24(34)31(2)3/h4-7,9-10,12,14,20H,8,11,13H2,1-3H3,(H2,28,30)/t20-/m0/s1. The van der Waals surface area contributed by atoms with Crippen LogP contribution in [0, 0.1) is 5.82 Å². The quantitative estimate of drug-likeness (QED) is 0.423. The number of aromatic nitrogens is 2. The third-order valence-corrected chi connectivity index (χ3v) is 9.20. The van der Waals surface area contributed by atoms with Crippen molar-refractivity contribution in [3.8, 4) is 0 Å². The van der Waals surface area contributed by atoms with Crippen LogP contribution in [0.5, 0.6) is 0 Å². The number of nitrogens with zero attached hydrogens (tertiary/aromatic N) is 5. The summed E-state index contributed by atoms with van der Waals surface area (Å²) in [6.07, 6.45) is 2.84. The van der Waals surface area contributed by atoms with Gasteiger partial charge in [-0.25, -0.2) is 17.8 Å². The van der Waals surface area contributed by atoms with Crippen molar-refractivity contribution >= 4 is 61.9 Å². The molecule has 206 valence electrons. The maximum Gasteiger partial charge on any atom is 0.253 e. The third kappa shape index (κ3) is 6.11. The number of rotatable bonds is 8. The third-order valence-electron chi connectivity index (χ3n) is 6.14. The van der Waals surface area contributed by atoms with Crippen molar-refractivity contribution in [3.05, 3.63) is 74.4 Å². The summed E-state index contributed by atoms with van der Waals surface area (Å²) >= 11 is 7.24. The molecule has 14 heteroatoms. The summed E-state index contributed by atoms with van der Waals surface area (Å²) in [5.41, 5.74) is 6.62. The van der Waals surface area contributed by atoms with Gasteiger partial charge in [0.15, 0.2) is 0 Å². The lowest BCUT2D eigenvalue weighted by Crippen LogP contribution is -2.44. The fraction of sp³-hybridized carbons (Fsp3) is 0.280. The van der Waals surface area contributed by atoms with Crippen LogP contribution >= 0.6 is 22.9 Å². The van der Waals surface area contributed by atoms with E-state index in [0.29, 0.717) is 14.8 Å². The molecule has 0 bridgehead atoms. The Morgan fingerprint density at radius 2 is 1.97 bits per heavy atom. The highest BCUT2D eigenvalue weighted by Crippen LogP contribution is 2.32. The maximum absolute atomic E-state index is 15.1. The zero-order valence-corrected chi connectivity index (χ0v) is 23.7. The molecule has 2 amide bonds. The van der Waals surface area contributed by atoms with E-state index in [-0.39, 0.29) is 48.2 Å². The topological polar surface area (TPSA) is 130 Å². The second-order valence-electron chi connectivity index (χ2n) is 9.04. The molecule has 1 aromatic carbocycles. The second kappa shape index (κ2) is 11.4. The van der Waals surface area contributed by atoms with Crippen LogP contribution in [0.2, 0.25) is 4.34 Å². The number of sulfonamides is 1. The van der Waals surface area contributed by atoms with Crippen molar-refractivity contribution < 1.29 is 22.4 Å². The summed E-state index contributed by atoms with van der Waals surface area (Å²) in [5, 5.41) is 1.07. The van der Waals surface area contributed by atoms with Gasteiger partial charge in [0.1, 0.15) is 17.7 Å². The van der Waals surface area contributed by atoms with Gasteiger partial charge in [-0.15, -0.1) is 11.3 Å². The monoisotopic (exact) mass is 592 g/mol. The summed E-state index contributed by atoms with van der Waals surface area (Å²) in [6, 6.07) is 6.04. The Bertz CT molecular complexity index is 1560. The van der Waals surface area contributed by atoms with Gasteiger partial charge < -0.3 is 15.5 Å². The molecule has 1 fully saturated rings. The van der Waals surface area contributed by atoms with Gasteiger partial charge in [0.2, 0.25) is 15.9 Å². The summed E-state index contributed by atoms with van der Waals surface area (Å²) in [4.78, 5) is 37.1. The molecule has 1 saturated heterocycles. The molecule has 1 atom stereocenters. The first-order valence-corrected chi connectivity index (χ1v) is 14.4. The zero-order valence-electron chi connectivity index (χ0n) is 21.3. The highest BCUT2D eigenvalue weighted by Gasteiger charge is 2.42. The minimum atomic E-state index is -4.21. The molecule has 4 rings (SSSR count). The van der Waals surface area contributed by atoms with Crippen molar-refractivity contribution in [1.29, 1.82) is 0 Å². The largest absolute Gasteiger partial charge is 0.382 e. The molecule has 0 saturated carbocycles. The summed E-state index contributed by atoms with van der Waals surface area (Å²) in [7, 11) is -1.12. The van der Waals surface area contributed by atoms with E-state index in [2.05, 4.69) is 9.97 Å². The Morgan fingerprint density at radius 1 is 1.26 bits per heavy atom. The fourth-order valence-electron chi connectivity index (χ4n) is 4.19. The first-order valence-electron chi connectivity index (χ1n) is 11.7. The van der Waals surface area contributed by atoms with E-state index in [1.807, 2.05) is 0 Å². The molecule has 39 heavy (non-hydrogen) atoms. The first-order chi connectivity index (χ1) is 18.4. The van der Waals surface area contributed by atoms with E-state index in [0.717, 1.165) is 15.8 Å². The van der Waals surface area contributed by atoms with Gasteiger partial charge in [0.05, 0.1) is 27.7 Å². The number of hydrogen-bond donors (Lipinski definition) is 1. The molecule has 3 heterocycles. The average Bonchev–Trinajstić information content (AvgIpc) is 3.48. The molecule has 10 nitrogen and oxygen atoms in total. The van der Waals surface area contributed by atoms with Gasteiger partial charge >= 0.3 is 0 Å². The molecule has 2 N–H and O–H groups in total. The van der Waals surface area contributed by atoms with Gasteiger partial charge in [-0.1, -0.05) is 11.6 Å². The first kappa shape index (κ1) is 28.6. The second-order valence-corrected chi connectivity index (χ2v) is 12.5. The number of nitrogens with two attached hydrogens (primary N) is 1. The van der Waals surface area contributed by atoms with Crippen LogP contribution in [-0.4, -0.2) is 66.1 Å². The lowest BCUT2D eigenvalue weighted by atomic mass is 10.1. The predicted octanol–water partition coefficient (Wildman–Crippen LogP) is 3.61. The van der Waals surface area contributed by atoms with Gasteiger partial charge in [0.25, 0.3) is 5.91 Å². The number of carbonyl (C=O) groups excluding carboxylic acids is 2. The molecule has 3 aromatic rings. The van der Waals surface area contributed by atoms with Gasteiger partial charge in [-0.05, 0) is 49.2 Å². The summed E-state index contributed by atoms with van der Waals surface area (Å²) in [5.74, 6) is -1.75. The van der Waals surface area contributed by atoms with Crippen molar-refractivity contribution in [2.75, 3.05) is 31.3 Å². The SMILES string of the molecule is CC(=CS(=O)(=O)N(Cc1nccnc1N)[C@H]1CCN(c2ccc(C(=O)N(C)C)cc2F)C1=O)c1ccc(Cl)s1. The molecule has 1 aliphatic rings. The molecule has 0 aliphatic carbocycles. The Balaban J connectivity index is 1.69. The van der Waals surface area contributed by atoms with Crippen LogP contribution in [0.4, 0.5) is 15.9 Å². The Kier molecular flexibility index (Phi) is 8.35. The highest BCUT2D eigenvalue weighted by molar-refractivity contribution is 7.92. The van der Waals surface area contributed by atoms with Crippen LogP contribution in [0.15, 0.2) is 48.1 Å². The van der Waals surface area contributed by atoms with Crippen molar-refractivity contribution in [3.63, 3.8) is 0 Å². The number of benzene rings is 1. The average molecular weight is 593 g/mol. The molecular formula is C25H26ClFN6O4S2. The summed E-state index contributed by atoms with van der Waals surface area (Å²) in [6.45, 7) is 1.37. The Labute approximate surface area is 234 Å². The number of halogens is 2. The minimum Gasteiger partial charge on any atom is -0.382 e. The fourth-order valence-corrected chi connectivity index (χ4v) is 6.84. The van der Waals surface area contributed by atoms with Crippen LogP contribution in [0.25, 0.3) is 5.57 Å². The normalized spacial score (nSPS) is 16.3. The number of thiophene rings is 1. The molecule has 0 spiro atoms. The summed E-state index contributed by atoms with van der Waals surface area (Å²) < 4.78 is 44.0. The Hall–Kier alpha value is -3.39. The van der Waals surface area contributed by atoms with Crippen LogP contribution < -0.4 is 10.6 Å². The zero-order chi connectivity index (χ0) is 28.5. The number of anilines is 2. The van der Waals surface area contributed by atoms with Gasteiger partial charge in [-0.3, -0.25) is 14.6 Å². The Morgan fingerprint density at radius 3 is 2.59 bits per heavy atom. The van der Waals surface area contributed by atoms with Crippen molar-refractivity contribution in [2.24, 2.45) is 0 Å². The van der Waals surface area contributed by atoms with Gasteiger partial charge in [-0.2, -0.15) is 4.31 Å². The van der Waals surface area contributed by atoms with Crippen LogP contribution in [0.1, 0.15) is 34.3 Å². The lowest BCUT2D eigenvalue weighted by molar-refractivity contribution is -0.120. The van der Waals surface area contributed by atoms with E-state index in [4.69, 9.17) is 17.3 Å². The molecular weight excluding hydrogens is 567 g/mol. The van der Waals surface area contributed by atoms with Crippen molar-refractivity contribution in [1.82, 2.24) is 19.2 Å². The molecule has 1 aliphatic heterocycles. The van der Waals surface area contributed by atoms with E-state index >= 15 is 4.39 Å². The van der Waals surface area contributed by atoms with Gasteiger partial charge in [0, 0.05) is 43.5 Å². The molecule has 0 unspecified atom stereocenters. The van der Waals surface area contributed by atoms with Crippen LogP contribution in [0.3, 0.4) is 0 Å². The molecule has 2 aromatic heterocycles. The lowest BCUT2D eigenvalue weighted by Gasteiger charge is -2.26. The van der Waals surface area contributed by atoms with E-state index in [1.165, 1.54) is 45.7 Å². The number of allylic oxidation sites excluding steroid dienone is 1. The maximum atomic E-state index is 15.1. The van der Waals surface area contributed by atoms with Crippen LogP contribution in [-0.2, 0) is 21.4 Å². The van der Waals surface area contributed by atoms with Crippen molar-refractivity contribution in [2.45, 2.75) is 25.9 Å². The highest BCUT2D eigenvalue weighted by atomic mass is 35.5. The number of amides is 2. The van der Waals surface area contributed by atoms with E-state index in [9.17, 15) is 18.0 Å². The van der Waals surface area contributed by atoms with E-state index < -0.39 is 27.8 Å². The smallest absolute Gasteiger partial charge is 0.253 e. The minimum absolute atomic E-state index is 0.0259. The number of carbonyl (C=O) groups is 2. The predicted molar refractivity (Wildman–Crippen MR) is 149 cm³/mol. The van der Waals surface area contributed by atoms with E-state index in [1.54, 1.807) is 33.2 Å². The number of hydrogen-bond acceptors (Lipinski definition) is 8.